The van der Waals surface area contributed by atoms with Crippen molar-refractivity contribution in [2.75, 3.05) is 6.61 Å². The van der Waals surface area contributed by atoms with Crippen molar-refractivity contribution in [1.82, 2.24) is 9.13 Å². The van der Waals surface area contributed by atoms with Crippen LogP contribution >= 0.6 is 0 Å². The molecule has 2 aromatic heterocycles. The van der Waals surface area contributed by atoms with Crippen molar-refractivity contribution in [3.63, 3.8) is 0 Å². The van der Waals surface area contributed by atoms with Crippen LogP contribution in [0.25, 0.3) is 60.1 Å². The number of nitroso groups, excluding NO2 is 1. The first-order valence-electron chi connectivity index (χ1n) is 24.9. The van der Waals surface area contributed by atoms with Crippen molar-refractivity contribution in [2.45, 2.75) is 99.6 Å². The highest BCUT2D eigenvalue weighted by Crippen LogP contribution is 2.40. The number of unbranched alkanes of at least 4 members (excludes halogenated alkanes) is 1. The molecular weight excluding hydrogens is 885 g/mol. The largest absolute Gasteiger partial charge is 0.466 e. The Balaban J connectivity index is 1.18. The van der Waals surface area contributed by atoms with E-state index in [4.69, 9.17) is 9.57 Å². The molecule has 0 aliphatic rings. The van der Waals surface area contributed by atoms with E-state index in [1.807, 2.05) is 80.6 Å². The molecule has 2 atom stereocenters. The van der Waals surface area contributed by atoms with Crippen LogP contribution in [0.5, 0.6) is 0 Å². The zero-order valence-electron chi connectivity index (χ0n) is 41.7. The summed E-state index contributed by atoms with van der Waals surface area (Å²) in [5, 5.41) is 13.8. The first-order valence-corrected chi connectivity index (χ1v) is 24.9. The summed E-state index contributed by atoms with van der Waals surface area (Å²) in [6.45, 7) is 14.8. The topological polar surface area (TPSA) is 121 Å². The second kappa shape index (κ2) is 20.7. The van der Waals surface area contributed by atoms with Gasteiger partial charge in [0.25, 0.3) is 0 Å². The SMILES string of the molecule is CCCCC(CC)Cn1c2ccc(C(=NOC(C)=O)c3ccc(-n4c5ccccc5c5cc(C(CCC(=O)OCC)N=O)ccc54)cc3)cc2c2cc(C(=O)c3c(C)cc(C)cc3C)c3ccccc3c21. The van der Waals surface area contributed by atoms with Gasteiger partial charge in [0.2, 0.25) is 0 Å². The Morgan fingerprint density at radius 2 is 1.32 bits per heavy atom. The van der Waals surface area contributed by atoms with Crippen LogP contribution in [-0.2, 0) is 25.7 Å². The third-order valence-electron chi connectivity index (χ3n) is 14.1. The van der Waals surface area contributed by atoms with Crippen LogP contribution in [-0.4, -0.2) is 39.2 Å². The molecule has 10 heteroatoms. The number of benzene rings is 7. The van der Waals surface area contributed by atoms with Gasteiger partial charge in [0.05, 0.1) is 23.2 Å². The predicted octanol–water partition coefficient (Wildman–Crippen LogP) is 14.9. The van der Waals surface area contributed by atoms with Gasteiger partial charge in [-0.25, -0.2) is 4.79 Å². The summed E-state index contributed by atoms with van der Waals surface area (Å²) < 4.78 is 9.74. The van der Waals surface area contributed by atoms with E-state index < -0.39 is 12.0 Å². The summed E-state index contributed by atoms with van der Waals surface area (Å²) >= 11 is 0. The number of rotatable bonds is 18. The molecule has 0 radical (unpaired) electrons. The lowest BCUT2D eigenvalue weighted by molar-refractivity contribution is -0.143. The highest BCUT2D eigenvalue weighted by atomic mass is 16.7. The lowest BCUT2D eigenvalue weighted by Gasteiger charge is -2.19. The zero-order chi connectivity index (χ0) is 49.9. The van der Waals surface area contributed by atoms with Crippen molar-refractivity contribution in [2.24, 2.45) is 16.3 Å². The molecule has 7 aromatic carbocycles. The van der Waals surface area contributed by atoms with Crippen LogP contribution in [0.4, 0.5) is 0 Å². The molecule has 71 heavy (non-hydrogen) atoms. The molecule has 0 fully saturated rings. The molecule has 9 rings (SSSR count). The van der Waals surface area contributed by atoms with Gasteiger partial charge >= 0.3 is 11.9 Å². The number of para-hydroxylation sites is 1. The number of fused-ring (bicyclic) bond motifs is 8. The smallest absolute Gasteiger partial charge is 0.332 e. The Morgan fingerprint density at radius 3 is 2.01 bits per heavy atom. The summed E-state index contributed by atoms with van der Waals surface area (Å²) in [6, 6.07) is 42.2. The van der Waals surface area contributed by atoms with Gasteiger partial charge in [0.15, 0.2) is 5.78 Å². The van der Waals surface area contributed by atoms with E-state index in [0.717, 1.165) is 131 Å². The van der Waals surface area contributed by atoms with E-state index in [1.165, 1.54) is 6.92 Å². The van der Waals surface area contributed by atoms with Crippen molar-refractivity contribution >= 4 is 77.8 Å². The second-order valence-electron chi connectivity index (χ2n) is 18.9. The summed E-state index contributed by atoms with van der Waals surface area (Å²) in [7, 11) is 0. The van der Waals surface area contributed by atoms with Crippen molar-refractivity contribution in [3.8, 4) is 5.69 Å². The van der Waals surface area contributed by atoms with E-state index in [1.54, 1.807) is 6.92 Å². The second-order valence-corrected chi connectivity index (χ2v) is 18.9. The average molecular weight is 945 g/mol. The standard InChI is InChI=1S/C61H60N4O6/c1-8-11-16-41(9-2)36-64-54-28-24-44(34-50(54)51-35-52(46-17-12-13-19-48(46)60(51)64)61(68)58-38(5)31-37(4)32-39(58)6)59(63-71-40(7)66)42-21-25-45(26-22-42)65-55-20-15-14-18-47(55)49-33-43(23-29-56(49)65)53(62-69)27-30-57(67)70-10-3/h12-15,17-26,28-29,31-35,41,53H,8-11,16,27,30,36H2,1-7H3. The fourth-order valence-corrected chi connectivity index (χ4v) is 10.7. The minimum Gasteiger partial charge on any atom is -0.466 e. The molecule has 2 heterocycles. The Kier molecular flexibility index (Phi) is 14.1. The molecule has 0 aliphatic heterocycles. The lowest BCUT2D eigenvalue weighted by Crippen LogP contribution is -2.11. The molecule has 0 bridgehead atoms. The molecule has 0 N–H and O–H groups in total. The maximum atomic E-state index is 14.9. The maximum absolute atomic E-state index is 14.9. The normalized spacial score (nSPS) is 12.8. The van der Waals surface area contributed by atoms with E-state index >= 15 is 0 Å². The molecule has 2 unspecified atom stereocenters. The summed E-state index contributed by atoms with van der Waals surface area (Å²) in [4.78, 5) is 57.0. The maximum Gasteiger partial charge on any atom is 0.332 e. The third-order valence-corrected chi connectivity index (χ3v) is 14.1. The van der Waals surface area contributed by atoms with E-state index in [9.17, 15) is 19.3 Å². The quantitative estimate of drug-likeness (QED) is 0.0211. The van der Waals surface area contributed by atoms with Gasteiger partial charge in [-0.05, 0) is 117 Å². The monoisotopic (exact) mass is 944 g/mol. The number of ether oxygens (including phenoxy) is 1. The molecule has 360 valence electrons. The fourth-order valence-electron chi connectivity index (χ4n) is 10.7. The van der Waals surface area contributed by atoms with Crippen LogP contribution in [0, 0.1) is 31.6 Å². The zero-order valence-corrected chi connectivity index (χ0v) is 41.7. The van der Waals surface area contributed by atoms with Gasteiger partial charge in [-0.2, -0.15) is 4.91 Å². The van der Waals surface area contributed by atoms with Crippen LogP contribution in [0.1, 0.15) is 122 Å². The third kappa shape index (κ3) is 9.39. The van der Waals surface area contributed by atoms with E-state index in [2.05, 4.69) is 101 Å². The predicted molar refractivity (Wildman–Crippen MR) is 287 cm³/mol. The van der Waals surface area contributed by atoms with E-state index in [-0.39, 0.29) is 31.2 Å². The number of aryl methyl sites for hydroxylation is 3. The molecule has 10 nitrogen and oxygen atoms in total. The minimum atomic E-state index is -0.703. The average Bonchev–Trinajstić information content (AvgIpc) is 3.86. The van der Waals surface area contributed by atoms with Crippen LogP contribution in [0.15, 0.2) is 138 Å². The molecule has 0 spiro atoms. The van der Waals surface area contributed by atoms with Gasteiger partial charge in [-0.1, -0.05) is 128 Å². The number of hydrogen-bond donors (Lipinski definition) is 0. The van der Waals surface area contributed by atoms with Crippen LogP contribution in [0.3, 0.4) is 0 Å². The molecule has 0 saturated carbocycles. The molecule has 0 aliphatic carbocycles. The van der Waals surface area contributed by atoms with Gasteiger partial charge < -0.3 is 18.7 Å². The Morgan fingerprint density at radius 1 is 0.662 bits per heavy atom. The number of carbonyl (C=O) groups excluding carboxylic acids is 3. The number of nitrogens with zero attached hydrogens (tertiary/aromatic N) is 4. The Labute approximate surface area is 414 Å². The van der Waals surface area contributed by atoms with Crippen LogP contribution in [0.2, 0.25) is 0 Å². The van der Waals surface area contributed by atoms with E-state index in [0.29, 0.717) is 17.2 Å². The minimum absolute atomic E-state index is 0.00127. The number of ketones is 1. The molecular formula is C61H60N4O6. The molecule has 9 aromatic rings. The highest BCUT2D eigenvalue weighted by Gasteiger charge is 2.25. The van der Waals surface area contributed by atoms with Gasteiger partial charge in [0, 0.05) is 80.3 Å². The first-order chi connectivity index (χ1) is 34.4. The number of hydrogen-bond acceptors (Lipinski definition) is 8. The van der Waals surface area contributed by atoms with Crippen molar-refractivity contribution in [3.05, 3.63) is 177 Å². The Hall–Kier alpha value is -7.72. The number of oxime groups is 1. The van der Waals surface area contributed by atoms with Crippen LogP contribution < -0.4 is 0 Å². The summed E-state index contributed by atoms with van der Waals surface area (Å²) in [5.74, 6) is -0.438. The fraction of sp³-hybridized carbons (Fsp3) is 0.279. The molecule has 0 saturated heterocycles. The summed E-state index contributed by atoms with van der Waals surface area (Å²) in [6.07, 6.45) is 4.80. The first kappa shape index (κ1) is 48.3. The van der Waals surface area contributed by atoms with Gasteiger partial charge in [-0.15, -0.1) is 0 Å². The van der Waals surface area contributed by atoms with Gasteiger partial charge in [0.1, 0.15) is 11.8 Å². The number of aromatic nitrogens is 2. The number of carbonyl (C=O) groups is 3. The van der Waals surface area contributed by atoms with Crippen molar-refractivity contribution < 1.29 is 24.0 Å². The summed E-state index contributed by atoms with van der Waals surface area (Å²) in [5.41, 5.74) is 12.1. The molecule has 0 amide bonds. The highest BCUT2D eigenvalue weighted by molar-refractivity contribution is 6.27. The Bertz CT molecular complexity index is 3540. The number of esters is 1. The van der Waals surface area contributed by atoms with Gasteiger partial charge in [-0.3, -0.25) is 9.59 Å². The van der Waals surface area contributed by atoms with Crippen molar-refractivity contribution in [1.29, 1.82) is 0 Å². The lowest BCUT2D eigenvalue weighted by atomic mass is 9.89.